The van der Waals surface area contributed by atoms with Crippen LogP contribution in [0.1, 0.15) is 4.88 Å². The van der Waals surface area contributed by atoms with Crippen molar-refractivity contribution in [1.82, 2.24) is 0 Å². The first kappa shape index (κ1) is 22.6. The molecule has 0 saturated heterocycles. The zero-order chi connectivity index (χ0) is 22.3. The summed E-state index contributed by atoms with van der Waals surface area (Å²) >= 11 is 1.76. The van der Waals surface area contributed by atoms with Gasteiger partial charge in [0.2, 0.25) is 5.54 Å². The number of rotatable bonds is 4. The van der Waals surface area contributed by atoms with Gasteiger partial charge < -0.3 is 5.73 Å². The lowest BCUT2D eigenvalue weighted by Gasteiger charge is -2.32. The number of thioether (sulfide) groups is 1. The third-order valence-electron chi connectivity index (χ3n) is 4.52. The van der Waals surface area contributed by atoms with Crippen LogP contribution < -0.4 is 5.73 Å². The van der Waals surface area contributed by atoms with Crippen LogP contribution in [0.2, 0.25) is 0 Å². The van der Waals surface area contributed by atoms with Crippen LogP contribution in [0.5, 0.6) is 0 Å². The Morgan fingerprint density at radius 2 is 1.30 bits per heavy atom. The molecule has 0 fully saturated rings. The van der Waals surface area contributed by atoms with Gasteiger partial charge in [0.1, 0.15) is 5.82 Å². The molecule has 0 saturated carbocycles. The summed E-state index contributed by atoms with van der Waals surface area (Å²) in [6.07, 6.45) is -9.70. The monoisotopic (exact) mass is 465 g/mol. The maximum Gasteiger partial charge on any atom is 0.420 e. The van der Waals surface area contributed by atoms with Crippen molar-refractivity contribution in [2.24, 2.45) is 5.73 Å². The quantitative estimate of drug-likeness (QED) is 0.325. The van der Waals surface area contributed by atoms with Gasteiger partial charge in [-0.3, -0.25) is 0 Å². The van der Waals surface area contributed by atoms with E-state index < -0.39 is 28.6 Å². The van der Waals surface area contributed by atoms with Gasteiger partial charge in [-0.25, -0.2) is 4.39 Å². The molecule has 3 aromatic rings. The van der Waals surface area contributed by atoms with Crippen molar-refractivity contribution in [2.45, 2.75) is 22.8 Å². The van der Waals surface area contributed by atoms with Gasteiger partial charge in [-0.15, -0.1) is 23.1 Å². The van der Waals surface area contributed by atoms with Crippen molar-refractivity contribution in [2.75, 3.05) is 6.26 Å². The van der Waals surface area contributed by atoms with E-state index in [1.807, 2.05) is 6.26 Å². The minimum absolute atomic E-state index is 0.107. The third kappa shape index (κ3) is 3.95. The Hall–Kier alpha value is -2.04. The van der Waals surface area contributed by atoms with E-state index in [9.17, 15) is 30.7 Å². The van der Waals surface area contributed by atoms with Crippen molar-refractivity contribution in [3.8, 4) is 21.6 Å². The van der Waals surface area contributed by atoms with E-state index in [1.165, 1.54) is 23.9 Å². The normalized spacial score (nSPS) is 13.0. The SMILES string of the molecule is CSc1ccc(-c2sc(C(N)(C(F)(F)F)C(F)(F)F)cc2-c2ccc(F)cc2)cc1. The summed E-state index contributed by atoms with van der Waals surface area (Å²) in [5.41, 5.74) is 1.25. The van der Waals surface area contributed by atoms with Crippen molar-refractivity contribution in [3.63, 3.8) is 0 Å². The van der Waals surface area contributed by atoms with Gasteiger partial charge >= 0.3 is 12.4 Å². The lowest BCUT2D eigenvalue weighted by Crippen LogP contribution is -2.60. The van der Waals surface area contributed by atoms with Crippen molar-refractivity contribution >= 4 is 23.1 Å². The number of hydrogen-bond donors (Lipinski definition) is 1. The first-order chi connectivity index (χ1) is 13.9. The lowest BCUT2D eigenvalue weighted by atomic mass is 9.94. The van der Waals surface area contributed by atoms with E-state index in [1.54, 1.807) is 24.3 Å². The fraction of sp³-hybridized carbons (Fsp3) is 0.200. The Morgan fingerprint density at radius 3 is 1.77 bits per heavy atom. The molecule has 0 aliphatic rings. The second-order valence-electron chi connectivity index (χ2n) is 6.39. The van der Waals surface area contributed by atoms with Crippen molar-refractivity contribution in [3.05, 3.63) is 65.3 Å². The molecule has 0 atom stereocenters. The Kier molecular flexibility index (Phi) is 5.96. The number of thiophene rings is 1. The molecule has 0 unspecified atom stereocenters. The second-order valence-corrected chi connectivity index (χ2v) is 8.32. The largest absolute Gasteiger partial charge is 0.420 e. The molecule has 0 aliphatic heterocycles. The van der Waals surface area contributed by atoms with Gasteiger partial charge in [0, 0.05) is 20.2 Å². The second kappa shape index (κ2) is 7.90. The van der Waals surface area contributed by atoms with Crippen LogP contribution in [0.15, 0.2) is 59.5 Å². The number of alkyl halides is 6. The van der Waals surface area contributed by atoms with Gasteiger partial charge in [-0.05, 0) is 47.7 Å². The summed E-state index contributed by atoms with van der Waals surface area (Å²) in [6, 6.07) is 12.2. The molecule has 0 bridgehead atoms. The summed E-state index contributed by atoms with van der Waals surface area (Å²) < 4.78 is 94.3. The summed E-state index contributed by atoms with van der Waals surface area (Å²) in [7, 11) is 0. The number of benzene rings is 2. The third-order valence-corrected chi connectivity index (χ3v) is 6.59. The van der Waals surface area contributed by atoms with Crippen LogP contribution in [0.3, 0.4) is 0 Å². The molecule has 0 spiro atoms. The minimum atomic E-state index is -5.77. The highest BCUT2D eigenvalue weighted by Gasteiger charge is 2.70. The Bertz CT molecular complexity index is 1010. The summed E-state index contributed by atoms with van der Waals surface area (Å²) in [5, 5.41) is 0. The fourth-order valence-electron chi connectivity index (χ4n) is 2.83. The van der Waals surface area contributed by atoms with Crippen LogP contribution in [0.4, 0.5) is 30.7 Å². The van der Waals surface area contributed by atoms with Crippen LogP contribution in [0.25, 0.3) is 21.6 Å². The average molecular weight is 465 g/mol. The first-order valence-electron chi connectivity index (χ1n) is 8.35. The van der Waals surface area contributed by atoms with Crippen LogP contribution in [-0.2, 0) is 5.54 Å². The summed E-state index contributed by atoms with van der Waals surface area (Å²) in [6.45, 7) is 0. The van der Waals surface area contributed by atoms with Gasteiger partial charge in [-0.1, -0.05) is 24.3 Å². The van der Waals surface area contributed by atoms with Crippen LogP contribution in [-0.4, -0.2) is 18.6 Å². The smallest absolute Gasteiger partial charge is 0.306 e. The average Bonchev–Trinajstić information content (AvgIpc) is 3.11. The minimum Gasteiger partial charge on any atom is -0.306 e. The molecule has 1 heterocycles. The number of nitrogens with two attached hydrogens (primary N) is 1. The van der Waals surface area contributed by atoms with E-state index in [2.05, 4.69) is 0 Å². The molecule has 30 heavy (non-hydrogen) atoms. The number of hydrogen-bond acceptors (Lipinski definition) is 3. The Labute approximate surface area is 175 Å². The molecule has 0 aliphatic carbocycles. The molecular formula is C20H14F7NS2. The molecule has 0 radical (unpaired) electrons. The predicted molar refractivity (Wildman–Crippen MR) is 105 cm³/mol. The van der Waals surface area contributed by atoms with E-state index >= 15 is 0 Å². The van der Waals surface area contributed by atoms with Crippen molar-refractivity contribution < 1.29 is 30.7 Å². The molecule has 2 N–H and O–H groups in total. The van der Waals surface area contributed by atoms with Crippen molar-refractivity contribution in [1.29, 1.82) is 0 Å². The standard InChI is InChI=1S/C20H14F7NS2/c1-29-14-8-4-12(5-9-14)17-15(11-2-6-13(21)7-3-11)10-16(30-17)18(28,19(22,23)24)20(25,26)27/h2-10H,28H2,1H3. The molecular weight excluding hydrogens is 451 g/mol. The van der Waals surface area contributed by atoms with Crippen LogP contribution in [0, 0.1) is 5.82 Å². The highest BCUT2D eigenvalue weighted by Crippen LogP contribution is 2.53. The number of halogens is 7. The maximum atomic E-state index is 13.5. The maximum absolute atomic E-state index is 13.5. The van der Waals surface area contributed by atoms with E-state index in [0.717, 1.165) is 23.1 Å². The lowest BCUT2D eigenvalue weighted by molar-refractivity contribution is -0.300. The van der Waals surface area contributed by atoms with Gasteiger partial charge in [0.15, 0.2) is 0 Å². The fourth-order valence-corrected chi connectivity index (χ4v) is 4.56. The van der Waals surface area contributed by atoms with E-state index in [0.29, 0.717) is 16.9 Å². The molecule has 160 valence electrons. The van der Waals surface area contributed by atoms with Crippen LogP contribution >= 0.6 is 23.1 Å². The topological polar surface area (TPSA) is 26.0 Å². The highest BCUT2D eigenvalue weighted by atomic mass is 32.2. The molecule has 10 heteroatoms. The first-order valence-corrected chi connectivity index (χ1v) is 10.4. The summed E-state index contributed by atoms with van der Waals surface area (Å²) in [5.74, 6) is -0.584. The van der Waals surface area contributed by atoms with E-state index in [-0.39, 0.29) is 16.0 Å². The molecule has 2 aromatic carbocycles. The van der Waals surface area contributed by atoms with Gasteiger partial charge in [0.05, 0.1) is 0 Å². The zero-order valence-electron chi connectivity index (χ0n) is 15.2. The van der Waals surface area contributed by atoms with Gasteiger partial charge in [-0.2, -0.15) is 26.3 Å². The van der Waals surface area contributed by atoms with Gasteiger partial charge in [0.25, 0.3) is 0 Å². The predicted octanol–water partition coefficient (Wildman–Crippen LogP) is 7.22. The molecule has 0 amide bonds. The molecule has 1 aromatic heterocycles. The Balaban J connectivity index is 2.27. The zero-order valence-corrected chi connectivity index (χ0v) is 16.9. The Morgan fingerprint density at radius 1 is 0.800 bits per heavy atom. The summed E-state index contributed by atoms with van der Waals surface area (Å²) in [4.78, 5) is -0.0454. The molecule has 3 rings (SSSR count). The molecule has 1 nitrogen and oxygen atoms in total. The van der Waals surface area contributed by atoms with E-state index in [4.69, 9.17) is 5.73 Å². The highest BCUT2D eigenvalue weighted by molar-refractivity contribution is 7.98.